The van der Waals surface area contributed by atoms with Crippen LogP contribution in [0.3, 0.4) is 0 Å². The molecule has 8 heteroatoms. The van der Waals surface area contributed by atoms with Crippen molar-refractivity contribution in [2.45, 2.75) is 70.4 Å². The van der Waals surface area contributed by atoms with Crippen LogP contribution in [0.25, 0.3) is 0 Å². The summed E-state index contributed by atoms with van der Waals surface area (Å²) < 4.78 is 22.2. The summed E-state index contributed by atoms with van der Waals surface area (Å²) in [5.74, 6) is 1.38. The van der Waals surface area contributed by atoms with E-state index in [1.165, 1.54) is 12.8 Å². The van der Waals surface area contributed by atoms with Crippen LogP contribution in [0.15, 0.2) is 18.2 Å². The van der Waals surface area contributed by atoms with Gasteiger partial charge in [0, 0.05) is 13.0 Å². The number of rotatable bonds is 15. The summed E-state index contributed by atoms with van der Waals surface area (Å²) >= 11 is 0. The SMILES string of the molecule is CCCCCCCC(=O)NC(CN1CCCC1)C(OCOC=O)c1ccc2c(c1)OCCO2. The van der Waals surface area contributed by atoms with Crippen molar-refractivity contribution in [2.75, 3.05) is 39.6 Å². The van der Waals surface area contributed by atoms with Crippen LogP contribution >= 0.6 is 0 Å². The van der Waals surface area contributed by atoms with Crippen LogP contribution in [0.4, 0.5) is 0 Å². The van der Waals surface area contributed by atoms with E-state index >= 15 is 0 Å². The molecule has 2 aliphatic rings. The van der Waals surface area contributed by atoms with E-state index in [-0.39, 0.29) is 18.7 Å². The van der Waals surface area contributed by atoms with Gasteiger partial charge in [0.05, 0.1) is 6.04 Å². The minimum atomic E-state index is -0.495. The fraction of sp³-hybridized carbons (Fsp3) is 0.680. The van der Waals surface area contributed by atoms with Gasteiger partial charge in [0.15, 0.2) is 18.3 Å². The lowest BCUT2D eigenvalue weighted by Crippen LogP contribution is -2.47. The second kappa shape index (κ2) is 14.1. The van der Waals surface area contributed by atoms with Gasteiger partial charge in [0.25, 0.3) is 6.47 Å². The highest BCUT2D eigenvalue weighted by molar-refractivity contribution is 5.76. The van der Waals surface area contributed by atoms with Gasteiger partial charge in [-0.25, -0.2) is 0 Å². The molecule has 2 aliphatic heterocycles. The summed E-state index contributed by atoms with van der Waals surface area (Å²) in [6.45, 7) is 6.04. The van der Waals surface area contributed by atoms with E-state index in [0.29, 0.717) is 44.2 Å². The van der Waals surface area contributed by atoms with Gasteiger partial charge in [0.2, 0.25) is 5.91 Å². The summed E-state index contributed by atoms with van der Waals surface area (Å²) in [6, 6.07) is 5.40. The van der Waals surface area contributed by atoms with Crippen molar-refractivity contribution in [3.63, 3.8) is 0 Å². The number of unbranched alkanes of at least 4 members (excludes halogenated alkanes) is 4. The Labute approximate surface area is 196 Å². The minimum Gasteiger partial charge on any atom is -0.486 e. The number of hydrogen-bond acceptors (Lipinski definition) is 7. The largest absolute Gasteiger partial charge is 0.486 e. The molecule has 0 radical (unpaired) electrons. The smallest absolute Gasteiger partial charge is 0.295 e. The van der Waals surface area contributed by atoms with Gasteiger partial charge in [-0.15, -0.1) is 0 Å². The highest BCUT2D eigenvalue weighted by Gasteiger charge is 2.30. The zero-order chi connectivity index (χ0) is 23.3. The first-order valence-corrected chi connectivity index (χ1v) is 12.3. The Bertz CT molecular complexity index is 738. The maximum absolute atomic E-state index is 12.8. The van der Waals surface area contributed by atoms with E-state index in [4.69, 9.17) is 18.9 Å². The molecule has 0 spiro atoms. The van der Waals surface area contributed by atoms with Crippen molar-refractivity contribution in [1.82, 2.24) is 10.2 Å². The standard InChI is InChI=1S/C25H38N2O6/c1-2-3-4-5-6-9-24(29)26-21(17-27-12-7-8-13-27)25(33-19-30-18-28)20-10-11-22-23(16-20)32-15-14-31-22/h10-11,16,18,21,25H,2-9,12-15,17,19H2,1H3,(H,26,29). The lowest BCUT2D eigenvalue weighted by molar-refractivity contribution is -0.149. The number of nitrogens with zero attached hydrogens (tertiary/aromatic N) is 1. The first-order valence-electron chi connectivity index (χ1n) is 12.3. The van der Waals surface area contributed by atoms with E-state index in [9.17, 15) is 9.59 Å². The van der Waals surface area contributed by atoms with Gasteiger partial charge >= 0.3 is 0 Å². The molecule has 2 atom stereocenters. The Morgan fingerprint density at radius 3 is 2.64 bits per heavy atom. The van der Waals surface area contributed by atoms with Crippen LogP contribution < -0.4 is 14.8 Å². The fourth-order valence-electron chi connectivity index (χ4n) is 4.45. The third-order valence-corrected chi connectivity index (χ3v) is 6.15. The molecule has 0 aliphatic carbocycles. The first kappa shape index (κ1) is 25.3. The van der Waals surface area contributed by atoms with Gasteiger partial charge in [-0.05, 0) is 50.0 Å². The lowest BCUT2D eigenvalue weighted by Gasteiger charge is -2.32. The molecule has 0 bridgehead atoms. The topological polar surface area (TPSA) is 86.3 Å². The minimum absolute atomic E-state index is 0.0261. The number of hydrogen-bond donors (Lipinski definition) is 1. The van der Waals surface area contributed by atoms with E-state index in [1.807, 2.05) is 18.2 Å². The molecular weight excluding hydrogens is 424 g/mol. The molecule has 2 heterocycles. The quantitative estimate of drug-likeness (QED) is 0.242. The fourth-order valence-corrected chi connectivity index (χ4v) is 4.45. The zero-order valence-electron chi connectivity index (χ0n) is 19.8. The summed E-state index contributed by atoms with van der Waals surface area (Å²) in [6.07, 6.45) is 7.80. The molecule has 184 valence electrons. The van der Waals surface area contributed by atoms with E-state index < -0.39 is 6.10 Å². The Balaban J connectivity index is 1.74. The second-order valence-electron chi connectivity index (χ2n) is 8.72. The average Bonchev–Trinajstić information content (AvgIpc) is 3.34. The molecular formula is C25H38N2O6. The molecule has 1 fully saturated rings. The monoisotopic (exact) mass is 462 g/mol. The summed E-state index contributed by atoms with van der Waals surface area (Å²) in [4.78, 5) is 25.9. The number of fused-ring (bicyclic) bond motifs is 1. The maximum Gasteiger partial charge on any atom is 0.295 e. The molecule has 0 saturated carbocycles. The number of ether oxygens (including phenoxy) is 4. The van der Waals surface area contributed by atoms with Gasteiger partial charge in [0.1, 0.15) is 19.3 Å². The van der Waals surface area contributed by atoms with Crippen molar-refractivity contribution in [2.24, 2.45) is 0 Å². The third-order valence-electron chi connectivity index (χ3n) is 6.15. The predicted octanol–water partition coefficient (Wildman–Crippen LogP) is 3.59. The van der Waals surface area contributed by atoms with Crippen LogP contribution in [-0.2, 0) is 19.1 Å². The summed E-state index contributed by atoms with van der Waals surface area (Å²) in [7, 11) is 0. The van der Waals surface area contributed by atoms with Crippen LogP contribution in [0, 0.1) is 0 Å². The zero-order valence-corrected chi connectivity index (χ0v) is 19.8. The Morgan fingerprint density at radius 1 is 1.12 bits per heavy atom. The van der Waals surface area contributed by atoms with Gasteiger partial charge in [-0.2, -0.15) is 0 Å². The Morgan fingerprint density at radius 2 is 1.88 bits per heavy atom. The molecule has 0 aromatic heterocycles. The molecule has 2 unspecified atom stereocenters. The molecule has 1 saturated heterocycles. The molecule has 1 aromatic carbocycles. The molecule has 8 nitrogen and oxygen atoms in total. The van der Waals surface area contributed by atoms with Crippen molar-refractivity contribution < 1.29 is 28.5 Å². The molecule has 33 heavy (non-hydrogen) atoms. The Kier molecular flexibility index (Phi) is 10.8. The predicted molar refractivity (Wildman–Crippen MR) is 124 cm³/mol. The number of carbonyl (C=O) groups excluding carboxylic acids is 2. The second-order valence-corrected chi connectivity index (χ2v) is 8.72. The normalized spacial score (nSPS) is 17.4. The van der Waals surface area contributed by atoms with Crippen LogP contribution in [0.1, 0.15) is 70.0 Å². The molecule has 1 N–H and O–H groups in total. The first-order chi connectivity index (χ1) is 16.2. The highest BCUT2D eigenvalue weighted by Crippen LogP contribution is 2.35. The number of amides is 1. The Hall–Kier alpha value is -2.32. The van der Waals surface area contributed by atoms with E-state index in [2.05, 4.69) is 17.1 Å². The molecule has 3 rings (SSSR count). The van der Waals surface area contributed by atoms with Crippen molar-refractivity contribution in [3.8, 4) is 11.5 Å². The average molecular weight is 463 g/mol. The van der Waals surface area contributed by atoms with Crippen molar-refractivity contribution in [3.05, 3.63) is 23.8 Å². The summed E-state index contributed by atoms with van der Waals surface area (Å²) in [5, 5.41) is 3.22. The van der Waals surface area contributed by atoms with Crippen LogP contribution in [-0.4, -0.2) is 63.0 Å². The van der Waals surface area contributed by atoms with E-state index in [0.717, 1.165) is 50.8 Å². The van der Waals surface area contributed by atoms with Crippen LogP contribution in [0.2, 0.25) is 0 Å². The van der Waals surface area contributed by atoms with Crippen molar-refractivity contribution in [1.29, 1.82) is 0 Å². The number of nitrogens with one attached hydrogen (secondary N) is 1. The maximum atomic E-state index is 12.8. The van der Waals surface area contributed by atoms with Gasteiger partial charge in [-0.1, -0.05) is 38.7 Å². The summed E-state index contributed by atoms with van der Waals surface area (Å²) in [5.41, 5.74) is 0.848. The number of benzene rings is 1. The lowest BCUT2D eigenvalue weighted by atomic mass is 10.00. The van der Waals surface area contributed by atoms with Crippen LogP contribution in [0.5, 0.6) is 11.5 Å². The third kappa shape index (κ3) is 8.19. The molecule has 1 aromatic rings. The van der Waals surface area contributed by atoms with E-state index in [1.54, 1.807) is 0 Å². The van der Waals surface area contributed by atoms with Gasteiger partial charge < -0.3 is 29.2 Å². The van der Waals surface area contributed by atoms with Crippen molar-refractivity contribution >= 4 is 12.4 Å². The number of likely N-dealkylation sites (tertiary alicyclic amines) is 1. The molecule has 1 amide bonds. The number of carbonyl (C=O) groups is 2. The highest BCUT2D eigenvalue weighted by atomic mass is 16.7. The van der Waals surface area contributed by atoms with Gasteiger partial charge in [-0.3, -0.25) is 9.59 Å².